The number of hydrazine groups is 1. The molecule has 2 rings (SSSR count). The van der Waals surface area contributed by atoms with Crippen LogP contribution in [-0.2, 0) is 20.9 Å². The number of nitrogens with zero attached hydrogens (tertiary/aromatic N) is 1. The molecule has 0 aliphatic carbocycles. The topological polar surface area (TPSA) is 102 Å². The van der Waals surface area contributed by atoms with E-state index in [-0.39, 0.29) is 6.54 Å². The summed E-state index contributed by atoms with van der Waals surface area (Å²) in [4.78, 5) is 10.9. The van der Waals surface area contributed by atoms with Crippen LogP contribution >= 0.6 is 0 Å². The lowest BCUT2D eigenvalue weighted by atomic mass is 10.1. The number of fused-ring (bicyclic) bond motifs is 1. The summed E-state index contributed by atoms with van der Waals surface area (Å²) in [6.45, 7) is 0.0286. The number of carbonyl (C=O) groups is 1. The minimum atomic E-state index is -3.78. The van der Waals surface area contributed by atoms with Crippen molar-refractivity contribution < 1.29 is 17.5 Å². The average Bonchev–Trinajstić information content (AvgIpc) is 2.35. The van der Waals surface area contributed by atoms with Gasteiger partial charge in [0.05, 0.1) is 12.8 Å². The molecule has 0 saturated carbocycles. The second kappa shape index (κ2) is 6.08. The molecular formula is C13H15N3O4S. The van der Waals surface area contributed by atoms with E-state index in [1.54, 1.807) is 0 Å². The fourth-order valence-electron chi connectivity index (χ4n) is 1.87. The summed E-state index contributed by atoms with van der Waals surface area (Å²) in [5.41, 5.74) is 7.85. The first-order valence-corrected chi connectivity index (χ1v) is 7.86. The average molecular weight is 309 g/mol. The van der Waals surface area contributed by atoms with Crippen LogP contribution in [-0.4, -0.2) is 25.9 Å². The van der Waals surface area contributed by atoms with E-state index in [1.807, 2.05) is 42.5 Å². The van der Waals surface area contributed by atoms with Gasteiger partial charge in [0.15, 0.2) is 0 Å². The summed E-state index contributed by atoms with van der Waals surface area (Å²) in [5, 5.41) is 2.83. The standard InChI is InChI=1S/C13H15N3O4S/c1-21(18,19)20-16(15-13(14)17)9-10-6-7-11-4-2-3-5-12(11)8-10/h2-8H,9H2,1H3,(H3,14,15,17). The summed E-state index contributed by atoms with van der Waals surface area (Å²) < 4.78 is 27.0. The number of hydroxylamine groups is 1. The highest BCUT2D eigenvalue weighted by Crippen LogP contribution is 2.16. The number of rotatable bonds is 5. The van der Waals surface area contributed by atoms with Crippen molar-refractivity contribution in [2.45, 2.75) is 6.54 Å². The van der Waals surface area contributed by atoms with Gasteiger partial charge in [-0.3, -0.25) is 0 Å². The van der Waals surface area contributed by atoms with Crippen LogP contribution in [0.2, 0.25) is 0 Å². The first kappa shape index (κ1) is 15.2. The number of amides is 2. The van der Waals surface area contributed by atoms with Gasteiger partial charge in [0.2, 0.25) is 0 Å². The van der Waals surface area contributed by atoms with E-state index in [2.05, 4.69) is 9.71 Å². The third-order valence-electron chi connectivity index (χ3n) is 2.60. The molecule has 0 heterocycles. The molecule has 0 saturated heterocycles. The maximum absolute atomic E-state index is 11.2. The van der Waals surface area contributed by atoms with Crippen LogP contribution in [0.1, 0.15) is 5.56 Å². The van der Waals surface area contributed by atoms with Gasteiger partial charge < -0.3 is 5.73 Å². The smallest absolute Gasteiger partial charge is 0.328 e. The van der Waals surface area contributed by atoms with E-state index in [4.69, 9.17) is 5.73 Å². The Morgan fingerprint density at radius 1 is 1.24 bits per heavy atom. The molecule has 0 atom stereocenters. The lowest BCUT2D eigenvalue weighted by Gasteiger charge is -2.19. The third kappa shape index (κ3) is 4.71. The maximum Gasteiger partial charge on any atom is 0.328 e. The highest BCUT2D eigenvalue weighted by Gasteiger charge is 2.15. The predicted molar refractivity (Wildman–Crippen MR) is 78.1 cm³/mol. The number of nitrogens with one attached hydrogen (secondary N) is 1. The Hall–Kier alpha value is -2.16. The number of primary amides is 1. The van der Waals surface area contributed by atoms with Crippen molar-refractivity contribution in [1.29, 1.82) is 0 Å². The summed E-state index contributed by atoms with van der Waals surface area (Å²) in [6, 6.07) is 12.4. The molecule has 8 heteroatoms. The third-order valence-corrected chi connectivity index (χ3v) is 3.05. The lowest BCUT2D eigenvalue weighted by molar-refractivity contribution is -0.0921. The van der Waals surface area contributed by atoms with Crippen molar-refractivity contribution >= 4 is 26.9 Å². The highest BCUT2D eigenvalue weighted by atomic mass is 32.2. The SMILES string of the molecule is CS(=O)(=O)ON(Cc1ccc2ccccc2c1)NC(N)=O. The van der Waals surface area contributed by atoms with Gasteiger partial charge in [-0.15, -0.1) is 0 Å². The first-order chi connectivity index (χ1) is 9.83. The Labute approximate surface area is 122 Å². The molecule has 7 nitrogen and oxygen atoms in total. The summed E-state index contributed by atoms with van der Waals surface area (Å²) in [7, 11) is -3.78. The molecule has 0 unspecified atom stereocenters. The van der Waals surface area contributed by atoms with E-state index in [9.17, 15) is 13.2 Å². The predicted octanol–water partition coefficient (Wildman–Crippen LogP) is 1.12. The number of hydrogen-bond acceptors (Lipinski definition) is 5. The molecule has 0 bridgehead atoms. The zero-order valence-electron chi connectivity index (χ0n) is 11.3. The van der Waals surface area contributed by atoms with Gasteiger partial charge in [-0.05, 0) is 22.4 Å². The van der Waals surface area contributed by atoms with Crippen molar-refractivity contribution in [2.75, 3.05) is 6.26 Å². The van der Waals surface area contributed by atoms with Gasteiger partial charge in [-0.1, -0.05) is 41.6 Å². The molecule has 21 heavy (non-hydrogen) atoms. The quantitative estimate of drug-likeness (QED) is 0.806. The van der Waals surface area contributed by atoms with Crippen LogP contribution in [0.15, 0.2) is 42.5 Å². The monoisotopic (exact) mass is 309 g/mol. The van der Waals surface area contributed by atoms with Crippen molar-refractivity contribution in [3.8, 4) is 0 Å². The van der Waals surface area contributed by atoms with Crippen molar-refractivity contribution in [1.82, 2.24) is 10.6 Å². The van der Waals surface area contributed by atoms with Crippen molar-refractivity contribution in [3.05, 3.63) is 48.0 Å². The second-order valence-electron chi connectivity index (χ2n) is 4.47. The summed E-state index contributed by atoms with van der Waals surface area (Å²) >= 11 is 0. The number of benzene rings is 2. The van der Waals surface area contributed by atoms with Crippen LogP contribution in [0.4, 0.5) is 4.79 Å². The molecule has 3 N–H and O–H groups in total. The van der Waals surface area contributed by atoms with Gasteiger partial charge in [0.25, 0.3) is 10.1 Å². The van der Waals surface area contributed by atoms with Crippen molar-refractivity contribution in [3.63, 3.8) is 0 Å². The second-order valence-corrected chi connectivity index (χ2v) is 6.03. The van der Waals surface area contributed by atoms with Gasteiger partial charge in [-0.2, -0.15) is 12.7 Å². The number of nitrogens with two attached hydrogens (primary N) is 1. The zero-order valence-corrected chi connectivity index (χ0v) is 12.1. The van der Waals surface area contributed by atoms with E-state index in [1.165, 1.54) is 0 Å². The molecule has 0 radical (unpaired) electrons. The fraction of sp³-hybridized carbons (Fsp3) is 0.154. The van der Waals surface area contributed by atoms with Crippen LogP contribution < -0.4 is 11.2 Å². The molecule has 0 spiro atoms. The van der Waals surface area contributed by atoms with E-state index < -0.39 is 16.1 Å². The van der Waals surface area contributed by atoms with E-state index >= 15 is 0 Å². The Balaban J connectivity index is 2.22. The summed E-state index contributed by atoms with van der Waals surface area (Å²) in [5.74, 6) is 0. The van der Waals surface area contributed by atoms with Gasteiger partial charge in [-0.25, -0.2) is 10.2 Å². The number of carbonyl (C=O) groups excluding carboxylic acids is 1. The number of hydrogen-bond donors (Lipinski definition) is 2. The largest absolute Gasteiger partial charge is 0.350 e. The highest BCUT2D eigenvalue weighted by molar-refractivity contribution is 7.85. The Bertz CT molecular complexity index is 761. The van der Waals surface area contributed by atoms with E-state index in [0.717, 1.165) is 27.8 Å². The Kier molecular flexibility index (Phi) is 4.41. The first-order valence-electron chi connectivity index (χ1n) is 6.04. The molecule has 112 valence electrons. The zero-order chi connectivity index (χ0) is 15.5. The normalized spacial score (nSPS) is 11.7. The van der Waals surface area contributed by atoms with Gasteiger partial charge in [0, 0.05) is 0 Å². The Morgan fingerprint density at radius 3 is 2.52 bits per heavy atom. The van der Waals surface area contributed by atoms with Gasteiger partial charge in [0.1, 0.15) is 0 Å². The molecule has 0 aliphatic heterocycles. The maximum atomic E-state index is 11.2. The molecule has 2 amide bonds. The molecule has 2 aromatic rings. The molecule has 0 fully saturated rings. The minimum Gasteiger partial charge on any atom is -0.350 e. The van der Waals surface area contributed by atoms with Gasteiger partial charge >= 0.3 is 6.03 Å². The molecular weight excluding hydrogens is 294 g/mol. The van der Waals surface area contributed by atoms with Crippen LogP contribution in [0, 0.1) is 0 Å². The summed E-state index contributed by atoms with van der Waals surface area (Å²) in [6.07, 6.45) is 0.878. The fourth-order valence-corrected chi connectivity index (χ4v) is 2.29. The molecule has 2 aromatic carbocycles. The van der Waals surface area contributed by atoms with Crippen LogP contribution in [0.3, 0.4) is 0 Å². The van der Waals surface area contributed by atoms with Crippen LogP contribution in [0.25, 0.3) is 10.8 Å². The minimum absolute atomic E-state index is 0.0286. The van der Waals surface area contributed by atoms with E-state index in [0.29, 0.717) is 0 Å². The lowest BCUT2D eigenvalue weighted by Crippen LogP contribution is -2.45. The van der Waals surface area contributed by atoms with Crippen LogP contribution in [0.5, 0.6) is 0 Å². The Morgan fingerprint density at radius 2 is 1.90 bits per heavy atom. The van der Waals surface area contributed by atoms with Crippen molar-refractivity contribution in [2.24, 2.45) is 5.73 Å². The molecule has 0 aliphatic rings. The number of urea groups is 1. The molecule has 0 aromatic heterocycles.